The molecule has 0 saturated carbocycles. The predicted octanol–water partition coefficient (Wildman–Crippen LogP) is 13.9. The first kappa shape index (κ1) is 34.4. The molecule has 0 N–H and O–H groups in total. The highest BCUT2D eigenvalue weighted by atomic mass is 15.4. The van der Waals surface area contributed by atoms with Gasteiger partial charge in [0.15, 0.2) is 11.6 Å². The van der Waals surface area contributed by atoms with Gasteiger partial charge in [-0.2, -0.15) is 0 Å². The lowest BCUT2D eigenvalue weighted by Gasteiger charge is -2.13. The van der Waals surface area contributed by atoms with Crippen molar-refractivity contribution in [2.75, 3.05) is 0 Å². The summed E-state index contributed by atoms with van der Waals surface area (Å²) in [5, 5.41) is 12.3. The van der Waals surface area contributed by atoms with Crippen LogP contribution in [0.1, 0.15) is 0 Å². The highest BCUT2D eigenvalue weighted by molar-refractivity contribution is 6.26. The number of nitrogens with zero attached hydrogens (tertiary/aromatic N) is 6. The average molecular weight is 793 g/mol. The minimum Gasteiger partial charge on any atom is -0.309 e. The van der Waals surface area contributed by atoms with Gasteiger partial charge in [-0.15, -0.1) is 5.10 Å². The molecule has 0 radical (unpaired) electrons. The fourth-order valence-electron chi connectivity index (χ4n) is 9.75. The zero-order chi connectivity index (χ0) is 40.7. The second-order valence-electron chi connectivity index (χ2n) is 15.9. The summed E-state index contributed by atoms with van der Waals surface area (Å²) >= 11 is 0. The third-order valence-corrected chi connectivity index (χ3v) is 12.4. The van der Waals surface area contributed by atoms with E-state index in [2.05, 4.69) is 196 Å². The topological polar surface area (TPSA) is 45.5 Å². The van der Waals surface area contributed by atoms with Crippen LogP contribution >= 0.6 is 0 Å². The molecule has 13 rings (SSSR count). The van der Waals surface area contributed by atoms with E-state index >= 15 is 0 Å². The Morgan fingerprint density at radius 3 is 1.53 bits per heavy atom. The van der Waals surface area contributed by atoms with Crippen LogP contribution in [0.25, 0.3) is 111 Å². The van der Waals surface area contributed by atoms with Crippen molar-refractivity contribution in [3.05, 3.63) is 218 Å². The maximum absolute atomic E-state index is 5.16. The first-order chi connectivity index (χ1) is 30.8. The van der Waals surface area contributed by atoms with E-state index in [1.54, 1.807) is 0 Å². The molecule has 0 aliphatic heterocycles. The molecule has 0 amide bonds. The van der Waals surface area contributed by atoms with Gasteiger partial charge >= 0.3 is 0 Å². The quantitative estimate of drug-likeness (QED) is 0.168. The van der Waals surface area contributed by atoms with Crippen molar-refractivity contribution >= 4 is 65.4 Å². The van der Waals surface area contributed by atoms with Gasteiger partial charge < -0.3 is 13.7 Å². The summed E-state index contributed by atoms with van der Waals surface area (Å²) in [6.07, 6.45) is 0. The molecule has 4 heterocycles. The van der Waals surface area contributed by atoms with E-state index in [9.17, 15) is 0 Å². The number of aromatic nitrogens is 6. The summed E-state index contributed by atoms with van der Waals surface area (Å²) in [7, 11) is 0. The van der Waals surface area contributed by atoms with Crippen LogP contribution in [0.15, 0.2) is 218 Å². The number of rotatable bonds is 6. The second kappa shape index (κ2) is 13.5. The van der Waals surface area contributed by atoms with Crippen molar-refractivity contribution in [1.29, 1.82) is 0 Å². The van der Waals surface area contributed by atoms with Crippen molar-refractivity contribution in [2.24, 2.45) is 0 Å². The Bertz CT molecular complexity index is 3850. The summed E-state index contributed by atoms with van der Waals surface area (Å²) in [5.41, 5.74) is 13.3. The summed E-state index contributed by atoms with van der Waals surface area (Å²) in [4.78, 5) is 5.16. The first-order valence-electron chi connectivity index (χ1n) is 21.0. The van der Waals surface area contributed by atoms with Gasteiger partial charge in [-0.05, 0) is 84.9 Å². The van der Waals surface area contributed by atoms with Crippen molar-refractivity contribution in [2.45, 2.75) is 0 Å². The molecular formula is C56H36N6. The third-order valence-electron chi connectivity index (χ3n) is 12.4. The molecule has 0 aliphatic carbocycles. The predicted molar refractivity (Wildman–Crippen MR) is 255 cm³/mol. The van der Waals surface area contributed by atoms with Gasteiger partial charge in [0.25, 0.3) is 0 Å². The fraction of sp³-hybridized carbons (Fsp3) is 0. The number of hydrogen-bond acceptors (Lipinski definition) is 2. The molecule has 13 aromatic rings. The molecule has 0 unspecified atom stereocenters. The van der Waals surface area contributed by atoms with Gasteiger partial charge in [-0.25, -0.2) is 9.67 Å². The molecule has 9 aromatic carbocycles. The molecule has 6 nitrogen and oxygen atoms in total. The number of fused-ring (bicyclic) bond motifs is 10. The second-order valence-corrected chi connectivity index (χ2v) is 15.9. The summed E-state index contributed by atoms with van der Waals surface area (Å²) < 4.78 is 9.24. The molecule has 0 spiro atoms. The zero-order valence-electron chi connectivity index (χ0n) is 33.5. The lowest BCUT2D eigenvalue weighted by atomic mass is 10.1. The molecule has 0 aliphatic rings. The minimum atomic E-state index is 0.691. The Kier molecular flexibility index (Phi) is 7.50. The Balaban J connectivity index is 1.02. The van der Waals surface area contributed by atoms with E-state index in [0.29, 0.717) is 5.82 Å². The highest BCUT2D eigenvalue weighted by Gasteiger charge is 2.22. The van der Waals surface area contributed by atoms with Crippen LogP contribution in [0.2, 0.25) is 0 Å². The average Bonchev–Trinajstić information content (AvgIpc) is 4.11. The van der Waals surface area contributed by atoms with Crippen molar-refractivity contribution in [3.63, 3.8) is 0 Å². The van der Waals surface area contributed by atoms with Gasteiger partial charge in [0.2, 0.25) is 0 Å². The summed E-state index contributed by atoms with van der Waals surface area (Å²) in [6.45, 7) is 0. The van der Waals surface area contributed by atoms with E-state index in [1.165, 1.54) is 49.0 Å². The number of benzene rings is 9. The highest BCUT2D eigenvalue weighted by Crippen LogP contribution is 2.43. The van der Waals surface area contributed by atoms with Crippen LogP contribution in [0, 0.1) is 0 Å². The van der Waals surface area contributed by atoms with Crippen LogP contribution in [0.3, 0.4) is 0 Å². The van der Waals surface area contributed by atoms with Crippen molar-refractivity contribution in [3.8, 4) is 45.5 Å². The standard InChI is InChI=1S/C56H36N6/c1-4-17-37(18-5-1)55-57-56(62(58-55)40-21-8-3-9-22-40)38-31-33-51-47(35-38)44-26-11-13-28-48(44)59(51)41-23-16-24-42(36-41)60-50-30-15-12-27-46(50)53-52(60)34-32-45-43-25-10-14-29-49(43)61(54(45)53)39-19-6-2-7-20-39/h1-36H. The molecule has 0 bridgehead atoms. The monoisotopic (exact) mass is 792 g/mol. The molecular weight excluding hydrogens is 757 g/mol. The van der Waals surface area contributed by atoms with E-state index in [0.717, 1.165) is 56.1 Å². The Labute approximate surface area is 356 Å². The maximum Gasteiger partial charge on any atom is 0.182 e. The van der Waals surface area contributed by atoms with E-state index in [4.69, 9.17) is 10.1 Å². The van der Waals surface area contributed by atoms with Crippen LogP contribution < -0.4 is 0 Å². The van der Waals surface area contributed by atoms with Gasteiger partial charge in [0, 0.05) is 60.5 Å². The molecule has 0 atom stereocenters. The van der Waals surface area contributed by atoms with E-state index in [-0.39, 0.29) is 0 Å². The van der Waals surface area contributed by atoms with Crippen LogP contribution in [0.4, 0.5) is 0 Å². The Morgan fingerprint density at radius 2 is 0.823 bits per heavy atom. The molecule has 6 heteroatoms. The largest absolute Gasteiger partial charge is 0.309 e. The third kappa shape index (κ3) is 5.10. The normalized spacial score (nSPS) is 11.9. The summed E-state index contributed by atoms with van der Waals surface area (Å²) in [5.74, 6) is 1.48. The van der Waals surface area contributed by atoms with Gasteiger partial charge in [0.1, 0.15) is 0 Å². The molecule has 4 aromatic heterocycles. The number of hydrogen-bond donors (Lipinski definition) is 0. The summed E-state index contributed by atoms with van der Waals surface area (Å²) in [6, 6.07) is 77.8. The lowest BCUT2D eigenvalue weighted by Crippen LogP contribution is -2.00. The lowest BCUT2D eigenvalue weighted by molar-refractivity contribution is 0.891. The van der Waals surface area contributed by atoms with E-state index in [1.807, 2.05) is 41.1 Å². The molecule has 0 fully saturated rings. The van der Waals surface area contributed by atoms with Gasteiger partial charge in [0.05, 0.1) is 38.8 Å². The SMILES string of the molecule is c1ccc(-c2nc(-c3ccc4c(c3)c3ccccc3n4-c3cccc(-n4c5ccccc5c5c4ccc4c6ccccc6n(-c6ccccc6)c45)c3)n(-c3ccccc3)n2)cc1. The van der Waals surface area contributed by atoms with Gasteiger partial charge in [-0.3, -0.25) is 0 Å². The van der Waals surface area contributed by atoms with Crippen LogP contribution in [-0.2, 0) is 0 Å². The molecule has 290 valence electrons. The maximum atomic E-state index is 5.16. The molecule has 0 saturated heterocycles. The minimum absolute atomic E-state index is 0.691. The fourth-order valence-corrected chi connectivity index (χ4v) is 9.75. The zero-order valence-corrected chi connectivity index (χ0v) is 33.5. The Hall–Kier alpha value is -8.48. The van der Waals surface area contributed by atoms with E-state index < -0.39 is 0 Å². The smallest absolute Gasteiger partial charge is 0.182 e. The van der Waals surface area contributed by atoms with Gasteiger partial charge in [-0.1, -0.05) is 133 Å². The number of para-hydroxylation sites is 5. The van der Waals surface area contributed by atoms with Crippen LogP contribution in [0.5, 0.6) is 0 Å². The molecule has 62 heavy (non-hydrogen) atoms. The Morgan fingerprint density at radius 1 is 0.306 bits per heavy atom. The van der Waals surface area contributed by atoms with Crippen LogP contribution in [-0.4, -0.2) is 28.5 Å². The van der Waals surface area contributed by atoms with Crippen molar-refractivity contribution in [1.82, 2.24) is 28.5 Å². The first-order valence-corrected chi connectivity index (χ1v) is 21.0. The van der Waals surface area contributed by atoms with Crippen molar-refractivity contribution < 1.29 is 0 Å².